The Morgan fingerprint density at radius 1 is 1.41 bits per heavy atom. The second kappa shape index (κ2) is 7.85. The largest absolute Gasteiger partial charge is 0.384 e. The standard InChI is InChI=1S/C14H22BrNO/c1-11(10-17-3)7-14(16-2)9-12-5-4-6-13(15)8-12/h4-6,8,11,14,16H,7,9-10H2,1-3H3. The Bertz CT molecular complexity index is 330. The molecule has 96 valence electrons. The van der Waals surface area contributed by atoms with Crippen LogP contribution in [0, 0.1) is 5.92 Å². The molecule has 2 nitrogen and oxygen atoms in total. The fourth-order valence-corrected chi connectivity index (χ4v) is 2.54. The normalized spacial score (nSPS) is 14.6. The highest BCUT2D eigenvalue weighted by Gasteiger charge is 2.12. The molecule has 0 aromatic heterocycles. The van der Waals surface area contributed by atoms with E-state index in [0.29, 0.717) is 12.0 Å². The highest BCUT2D eigenvalue weighted by atomic mass is 79.9. The Labute approximate surface area is 113 Å². The Morgan fingerprint density at radius 3 is 2.76 bits per heavy atom. The molecule has 0 aliphatic heterocycles. The lowest BCUT2D eigenvalue weighted by atomic mass is 9.97. The number of benzene rings is 1. The van der Waals surface area contributed by atoms with Crippen molar-refractivity contribution in [3.63, 3.8) is 0 Å². The monoisotopic (exact) mass is 299 g/mol. The second-order valence-electron chi connectivity index (χ2n) is 4.62. The van der Waals surface area contributed by atoms with Crippen molar-refractivity contribution in [2.24, 2.45) is 5.92 Å². The number of rotatable bonds is 7. The summed E-state index contributed by atoms with van der Waals surface area (Å²) in [7, 11) is 3.79. The van der Waals surface area contributed by atoms with Crippen LogP contribution in [0.25, 0.3) is 0 Å². The van der Waals surface area contributed by atoms with E-state index in [1.165, 1.54) is 5.56 Å². The average Bonchev–Trinajstić information content (AvgIpc) is 2.28. The Hall–Kier alpha value is -0.380. The van der Waals surface area contributed by atoms with Gasteiger partial charge in [-0.2, -0.15) is 0 Å². The minimum absolute atomic E-state index is 0.509. The Balaban J connectivity index is 2.51. The van der Waals surface area contributed by atoms with Crippen molar-refractivity contribution in [3.05, 3.63) is 34.3 Å². The van der Waals surface area contributed by atoms with Gasteiger partial charge in [0, 0.05) is 24.2 Å². The third-order valence-corrected chi connectivity index (χ3v) is 3.41. The highest BCUT2D eigenvalue weighted by molar-refractivity contribution is 9.10. The molecular formula is C14H22BrNO. The summed E-state index contributed by atoms with van der Waals surface area (Å²) in [5.74, 6) is 0.588. The minimum atomic E-state index is 0.509. The van der Waals surface area contributed by atoms with Crippen LogP contribution in [0.5, 0.6) is 0 Å². The van der Waals surface area contributed by atoms with E-state index >= 15 is 0 Å². The first-order chi connectivity index (χ1) is 8.15. The molecule has 0 amide bonds. The van der Waals surface area contributed by atoms with Crippen LogP contribution in [0.15, 0.2) is 28.7 Å². The topological polar surface area (TPSA) is 21.3 Å². The predicted octanol–water partition coefficient (Wildman–Crippen LogP) is 3.25. The molecule has 0 fully saturated rings. The molecule has 3 heteroatoms. The molecule has 1 aromatic rings. The maximum absolute atomic E-state index is 5.18. The SMILES string of the molecule is CNC(Cc1cccc(Br)c1)CC(C)COC. The maximum Gasteiger partial charge on any atom is 0.0488 e. The van der Waals surface area contributed by atoms with Crippen LogP contribution in [-0.4, -0.2) is 26.8 Å². The van der Waals surface area contributed by atoms with E-state index in [1.807, 2.05) is 7.05 Å². The van der Waals surface area contributed by atoms with E-state index in [1.54, 1.807) is 7.11 Å². The van der Waals surface area contributed by atoms with E-state index in [-0.39, 0.29) is 0 Å². The third-order valence-electron chi connectivity index (χ3n) is 2.92. The van der Waals surface area contributed by atoms with Gasteiger partial charge in [-0.05, 0) is 43.5 Å². The molecule has 0 spiro atoms. The smallest absolute Gasteiger partial charge is 0.0488 e. The lowest BCUT2D eigenvalue weighted by Gasteiger charge is -2.20. The molecule has 1 rings (SSSR count). The maximum atomic E-state index is 5.18. The number of hydrogen-bond donors (Lipinski definition) is 1. The summed E-state index contributed by atoms with van der Waals surface area (Å²) in [6.07, 6.45) is 2.20. The van der Waals surface area contributed by atoms with Crippen molar-refractivity contribution in [2.45, 2.75) is 25.8 Å². The highest BCUT2D eigenvalue weighted by Crippen LogP contribution is 2.16. The average molecular weight is 300 g/mol. The molecule has 2 atom stereocenters. The summed E-state index contributed by atoms with van der Waals surface area (Å²) in [5.41, 5.74) is 1.36. The van der Waals surface area contributed by atoms with E-state index in [9.17, 15) is 0 Å². The van der Waals surface area contributed by atoms with Crippen LogP contribution in [0.2, 0.25) is 0 Å². The molecule has 17 heavy (non-hydrogen) atoms. The molecular weight excluding hydrogens is 278 g/mol. The van der Waals surface area contributed by atoms with Gasteiger partial charge in [0.2, 0.25) is 0 Å². The van der Waals surface area contributed by atoms with E-state index in [2.05, 4.69) is 52.4 Å². The molecule has 0 radical (unpaired) electrons. The quantitative estimate of drug-likeness (QED) is 0.834. The zero-order valence-electron chi connectivity index (χ0n) is 10.9. The first-order valence-electron chi connectivity index (χ1n) is 6.06. The number of ether oxygens (including phenoxy) is 1. The molecule has 1 aromatic carbocycles. The summed E-state index contributed by atoms with van der Waals surface area (Å²) < 4.78 is 6.33. The van der Waals surface area contributed by atoms with E-state index < -0.39 is 0 Å². The van der Waals surface area contributed by atoms with Gasteiger partial charge in [-0.15, -0.1) is 0 Å². The third kappa shape index (κ3) is 5.66. The fourth-order valence-electron chi connectivity index (χ4n) is 2.09. The number of methoxy groups -OCH3 is 1. The Morgan fingerprint density at radius 2 is 2.18 bits per heavy atom. The summed E-state index contributed by atoms with van der Waals surface area (Å²) in [4.78, 5) is 0. The van der Waals surface area contributed by atoms with Gasteiger partial charge in [-0.25, -0.2) is 0 Å². The fraction of sp³-hybridized carbons (Fsp3) is 0.571. The van der Waals surface area contributed by atoms with Gasteiger partial charge in [0.15, 0.2) is 0 Å². The number of halogens is 1. The van der Waals surface area contributed by atoms with E-state index in [4.69, 9.17) is 4.74 Å². The molecule has 0 bridgehead atoms. The van der Waals surface area contributed by atoms with Gasteiger partial charge < -0.3 is 10.1 Å². The number of likely N-dealkylation sites (N-methyl/N-ethyl adjacent to an activating group) is 1. The van der Waals surface area contributed by atoms with Crippen molar-refractivity contribution in [3.8, 4) is 0 Å². The van der Waals surface area contributed by atoms with Crippen LogP contribution >= 0.6 is 15.9 Å². The van der Waals surface area contributed by atoms with Crippen molar-refractivity contribution in [1.29, 1.82) is 0 Å². The van der Waals surface area contributed by atoms with Crippen molar-refractivity contribution >= 4 is 15.9 Å². The molecule has 0 saturated heterocycles. The van der Waals surface area contributed by atoms with Crippen molar-refractivity contribution < 1.29 is 4.74 Å². The van der Waals surface area contributed by atoms with Crippen molar-refractivity contribution in [2.75, 3.05) is 20.8 Å². The molecule has 1 N–H and O–H groups in total. The van der Waals surface area contributed by atoms with Gasteiger partial charge in [0.05, 0.1) is 0 Å². The van der Waals surface area contributed by atoms with Gasteiger partial charge >= 0.3 is 0 Å². The first-order valence-corrected chi connectivity index (χ1v) is 6.85. The zero-order valence-corrected chi connectivity index (χ0v) is 12.5. The summed E-state index contributed by atoms with van der Waals surface area (Å²) in [6, 6.07) is 9.02. The van der Waals surface area contributed by atoms with Crippen LogP contribution < -0.4 is 5.32 Å². The van der Waals surface area contributed by atoms with Crippen molar-refractivity contribution in [1.82, 2.24) is 5.32 Å². The molecule has 0 aliphatic rings. The molecule has 0 aliphatic carbocycles. The lowest BCUT2D eigenvalue weighted by Crippen LogP contribution is -2.30. The summed E-state index contributed by atoms with van der Waals surface area (Å²) in [5, 5.41) is 3.39. The Kier molecular flexibility index (Phi) is 6.78. The summed E-state index contributed by atoms with van der Waals surface area (Å²) in [6.45, 7) is 3.06. The van der Waals surface area contributed by atoms with Crippen LogP contribution in [0.1, 0.15) is 18.9 Å². The number of hydrogen-bond acceptors (Lipinski definition) is 2. The van der Waals surface area contributed by atoms with E-state index in [0.717, 1.165) is 23.9 Å². The first kappa shape index (κ1) is 14.7. The van der Waals surface area contributed by atoms with Gasteiger partial charge in [-0.1, -0.05) is 35.0 Å². The lowest BCUT2D eigenvalue weighted by molar-refractivity contribution is 0.150. The van der Waals surface area contributed by atoms with Crippen LogP contribution in [0.4, 0.5) is 0 Å². The minimum Gasteiger partial charge on any atom is -0.384 e. The molecule has 0 saturated carbocycles. The van der Waals surface area contributed by atoms with Gasteiger partial charge in [0.1, 0.15) is 0 Å². The molecule has 0 heterocycles. The van der Waals surface area contributed by atoms with Gasteiger partial charge in [0.25, 0.3) is 0 Å². The van der Waals surface area contributed by atoms with Gasteiger partial charge in [-0.3, -0.25) is 0 Å². The zero-order chi connectivity index (χ0) is 12.7. The number of nitrogens with one attached hydrogen (secondary N) is 1. The molecule has 2 unspecified atom stereocenters. The summed E-state index contributed by atoms with van der Waals surface area (Å²) >= 11 is 3.51. The van der Waals surface area contributed by atoms with Crippen LogP contribution in [-0.2, 0) is 11.2 Å². The van der Waals surface area contributed by atoms with Crippen LogP contribution in [0.3, 0.4) is 0 Å². The second-order valence-corrected chi connectivity index (χ2v) is 5.53. The predicted molar refractivity (Wildman–Crippen MR) is 76.4 cm³/mol.